The molecular formula is C25H28ClFN2O6. The summed E-state index contributed by atoms with van der Waals surface area (Å²) in [5.74, 6) is -1.13. The van der Waals surface area contributed by atoms with Crippen LogP contribution in [0.4, 0.5) is 4.39 Å². The molecule has 188 valence electrons. The van der Waals surface area contributed by atoms with E-state index in [1.165, 1.54) is 36.4 Å². The molecule has 1 aliphatic rings. The molecule has 0 bridgehead atoms. The van der Waals surface area contributed by atoms with Crippen molar-refractivity contribution in [3.63, 3.8) is 0 Å². The molecule has 2 aromatic carbocycles. The van der Waals surface area contributed by atoms with Gasteiger partial charge in [-0.15, -0.1) is 0 Å². The molecule has 0 spiro atoms. The zero-order chi connectivity index (χ0) is 25.2. The first-order valence-corrected chi connectivity index (χ1v) is 11.7. The number of likely N-dealkylation sites (tertiary alicyclic amines) is 1. The number of piperidine rings is 1. The molecule has 0 saturated carbocycles. The molecule has 35 heavy (non-hydrogen) atoms. The van der Waals surface area contributed by atoms with Gasteiger partial charge in [0.15, 0.2) is 12.4 Å². The zero-order valence-corrected chi connectivity index (χ0v) is 19.9. The van der Waals surface area contributed by atoms with E-state index in [2.05, 4.69) is 5.32 Å². The van der Waals surface area contributed by atoms with E-state index in [1.807, 2.05) is 0 Å². The zero-order valence-electron chi connectivity index (χ0n) is 19.2. The second-order valence-corrected chi connectivity index (χ2v) is 8.48. The molecule has 0 aliphatic carbocycles. The Labute approximate surface area is 208 Å². The summed E-state index contributed by atoms with van der Waals surface area (Å²) in [6.07, 6.45) is 1.02. The monoisotopic (exact) mass is 506 g/mol. The van der Waals surface area contributed by atoms with E-state index in [-0.39, 0.29) is 61.9 Å². The molecule has 2 N–H and O–H groups in total. The van der Waals surface area contributed by atoms with E-state index in [1.54, 1.807) is 11.0 Å². The lowest BCUT2D eigenvalue weighted by atomic mass is 9.89. The van der Waals surface area contributed by atoms with Crippen LogP contribution in [0, 0.1) is 11.7 Å². The highest BCUT2D eigenvalue weighted by molar-refractivity contribution is 6.31. The van der Waals surface area contributed by atoms with E-state index < -0.39 is 11.7 Å². The average molecular weight is 507 g/mol. The SMILES string of the molecule is O=C(NCCOCCO)c1cc(Cl)ccc1OCC(=O)N1CCC(C(=O)c2ccc(F)cc2)CC1. The summed E-state index contributed by atoms with van der Waals surface area (Å²) in [5.41, 5.74) is 0.657. The second kappa shape index (κ2) is 13.2. The van der Waals surface area contributed by atoms with Gasteiger partial charge in [-0.05, 0) is 55.3 Å². The summed E-state index contributed by atoms with van der Waals surface area (Å²) in [4.78, 5) is 39.5. The lowest BCUT2D eigenvalue weighted by Crippen LogP contribution is -2.42. The topological polar surface area (TPSA) is 105 Å². The number of ketones is 1. The number of ether oxygens (including phenoxy) is 2. The molecular weight excluding hydrogens is 479 g/mol. The predicted octanol–water partition coefficient (Wildman–Crippen LogP) is 2.72. The molecule has 1 heterocycles. The molecule has 2 aromatic rings. The standard InChI is InChI=1S/C25H28ClFN2O6/c26-19-3-6-22(21(15-19)25(33)28-9-13-34-14-12-30)35-16-23(31)29-10-7-18(8-11-29)24(32)17-1-4-20(27)5-2-17/h1-6,15,18,30H,7-14,16H2,(H,28,33). The molecule has 1 aliphatic heterocycles. The highest BCUT2D eigenvalue weighted by atomic mass is 35.5. The number of hydrogen-bond donors (Lipinski definition) is 2. The number of aliphatic hydroxyl groups is 1. The van der Waals surface area contributed by atoms with Gasteiger partial charge in [0.1, 0.15) is 11.6 Å². The van der Waals surface area contributed by atoms with Crippen molar-refractivity contribution in [1.82, 2.24) is 10.2 Å². The molecule has 0 atom stereocenters. The number of hydrogen-bond acceptors (Lipinski definition) is 6. The highest BCUT2D eigenvalue weighted by Crippen LogP contribution is 2.25. The fraction of sp³-hybridized carbons (Fsp3) is 0.400. The number of halogens is 2. The fourth-order valence-electron chi connectivity index (χ4n) is 3.78. The third-order valence-corrected chi connectivity index (χ3v) is 5.89. The second-order valence-electron chi connectivity index (χ2n) is 8.05. The van der Waals surface area contributed by atoms with Crippen molar-refractivity contribution in [2.24, 2.45) is 5.92 Å². The Morgan fingerprint density at radius 1 is 1.09 bits per heavy atom. The first-order chi connectivity index (χ1) is 16.9. The van der Waals surface area contributed by atoms with Crippen LogP contribution in [0.1, 0.15) is 33.6 Å². The van der Waals surface area contributed by atoms with E-state index in [0.29, 0.717) is 36.5 Å². The first kappa shape index (κ1) is 26.6. The number of carbonyl (C=O) groups is 3. The lowest BCUT2D eigenvalue weighted by molar-refractivity contribution is -0.134. The van der Waals surface area contributed by atoms with Crippen LogP contribution < -0.4 is 10.1 Å². The maximum Gasteiger partial charge on any atom is 0.260 e. The van der Waals surface area contributed by atoms with Crippen LogP contribution in [0.15, 0.2) is 42.5 Å². The van der Waals surface area contributed by atoms with Gasteiger partial charge in [0.25, 0.3) is 11.8 Å². The minimum absolute atomic E-state index is 0.0491. The van der Waals surface area contributed by atoms with Gasteiger partial charge in [-0.3, -0.25) is 14.4 Å². The molecule has 1 saturated heterocycles. The molecule has 2 amide bonds. The fourth-order valence-corrected chi connectivity index (χ4v) is 3.95. The van der Waals surface area contributed by atoms with Gasteiger partial charge >= 0.3 is 0 Å². The average Bonchev–Trinajstić information content (AvgIpc) is 2.87. The van der Waals surface area contributed by atoms with Gasteiger partial charge in [-0.2, -0.15) is 0 Å². The molecule has 0 aromatic heterocycles. The number of rotatable bonds is 11. The Kier molecular flexibility index (Phi) is 10.0. The summed E-state index contributed by atoms with van der Waals surface area (Å²) in [6.45, 7) is 1.09. The van der Waals surface area contributed by atoms with Gasteiger partial charge in [0.05, 0.1) is 25.4 Å². The predicted molar refractivity (Wildman–Crippen MR) is 127 cm³/mol. The summed E-state index contributed by atoms with van der Waals surface area (Å²) in [6, 6.07) is 10.0. The number of nitrogens with one attached hydrogen (secondary N) is 1. The van der Waals surface area contributed by atoms with Gasteiger partial charge < -0.3 is 24.8 Å². The third-order valence-electron chi connectivity index (χ3n) is 5.65. The Balaban J connectivity index is 1.50. The molecule has 3 rings (SSSR count). The van der Waals surface area contributed by atoms with Crippen LogP contribution in [-0.4, -0.2) is 73.7 Å². The highest BCUT2D eigenvalue weighted by Gasteiger charge is 2.28. The van der Waals surface area contributed by atoms with Crippen LogP contribution in [0.3, 0.4) is 0 Å². The third kappa shape index (κ3) is 7.74. The maximum atomic E-state index is 13.1. The molecule has 1 fully saturated rings. The number of amides is 2. The molecule has 0 unspecified atom stereocenters. The Morgan fingerprint density at radius 3 is 2.49 bits per heavy atom. The maximum absolute atomic E-state index is 13.1. The van der Waals surface area contributed by atoms with Crippen LogP contribution >= 0.6 is 11.6 Å². The summed E-state index contributed by atoms with van der Waals surface area (Å²) in [7, 11) is 0. The number of nitrogens with zero attached hydrogens (tertiary/aromatic N) is 1. The lowest BCUT2D eigenvalue weighted by Gasteiger charge is -2.31. The Morgan fingerprint density at radius 2 is 1.80 bits per heavy atom. The first-order valence-electron chi connectivity index (χ1n) is 11.4. The van der Waals surface area contributed by atoms with Crippen molar-refractivity contribution in [2.45, 2.75) is 12.8 Å². The molecule has 0 radical (unpaired) electrons. The van der Waals surface area contributed by atoms with Crippen molar-refractivity contribution >= 4 is 29.2 Å². The largest absolute Gasteiger partial charge is 0.483 e. The van der Waals surface area contributed by atoms with Gasteiger partial charge in [-0.1, -0.05) is 11.6 Å². The van der Waals surface area contributed by atoms with E-state index in [4.69, 9.17) is 26.2 Å². The minimum atomic E-state index is -0.428. The number of benzene rings is 2. The quantitative estimate of drug-likeness (QED) is 0.358. The van der Waals surface area contributed by atoms with Crippen molar-refractivity contribution in [3.05, 3.63) is 64.4 Å². The van der Waals surface area contributed by atoms with Crippen molar-refractivity contribution in [3.8, 4) is 5.75 Å². The smallest absolute Gasteiger partial charge is 0.260 e. The molecule has 10 heteroatoms. The number of aliphatic hydroxyl groups excluding tert-OH is 1. The summed E-state index contributed by atoms with van der Waals surface area (Å²) >= 11 is 6.03. The minimum Gasteiger partial charge on any atom is -0.483 e. The Bertz CT molecular complexity index is 1030. The summed E-state index contributed by atoms with van der Waals surface area (Å²) in [5, 5.41) is 11.7. The van der Waals surface area contributed by atoms with E-state index in [0.717, 1.165) is 0 Å². The van der Waals surface area contributed by atoms with Gasteiger partial charge in [0, 0.05) is 36.1 Å². The number of carbonyl (C=O) groups excluding carboxylic acids is 3. The van der Waals surface area contributed by atoms with Crippen LogP contribution in [0.2, 0.25) is 5.02 Å². The van der Waals surface area contributed by atoms with Crippen molar-refractivity contribution < 1.29 is 33.4 Å². The number of Topliss-reactive ketones (excluding diaryl/α,β-unsaturated/α-hetero) is 1. The van der Waals surface area contributed by atoms with Gasteiger partial charge in [-0.25, -0.2) is 4.39 Å². The van der Waals surface area contributed by atoms with E-state index >= 15 is 0 Å². The van der Waals surface area contributed by atoms with E-state index in [9.17, 15) is 18.8 Å². The van der Waals surface area contributed by atoms with Crippen LogP contribution in [0.25, 0.3) is 0 Å². The Hall–Kier alpha value is -3.01. The summed E-state index contributed by atoms with van der Waals surface area (Å²) < 4.78 is 23.9. The molecule has 8 nitrogen and oxygen atoms in total. The van der Waals surface area contributed by atoms with Gasteiger partial charge in [0.2, 0.25) is 0 Å². The van der Waals surface area contributed by atoms with Crippen LogP contribution in [-0.2, 0) is 9.53 Å². The van der Waals surface area contributed by atoms with Crippen molar-refractivity contribution in [1.29, 1.82) is 0 Å². The van der Waals surface area contributed by atoms with Crippen LogP contribution in [0.5, 0.6) is 5.75 Å². The normalized spacial score (nSPS) is 14.0. The van der Waals surface area contributed by atoms with Crippen molar-refractivity contribution in [2.75, 3.05) is 46.1 Å².